The maximum atomic E-state index is 11.6. The molecule has 2 N–H and O–H groups in total. The lowest BCUT2D eigenvalue weighted by atomic mass is 9.81. The number of carbonyl (C=O) groups is 1. The summed E-state index contributed by atoms with van der Waals surface area (Å²) in [5.74, 6) is -0.720. The number of aromatic amines is 1. The second-order valence-electron chi connectivity index (χ2n) is 6.93. The summed E-state index contributed by atoms with van der Waals surface area (Å²) in [6, 6.07) is 7.71. The molecule has 4 nitrogen and oxygen atoms in total. The van der Waals surface area contributed by atoms with Gasteiger partial charge in [-0.3, -0.25) is 9.69 Å². The fourth-order valence-corrected chi connectivity index (χ4v) is 3.94. The molecule has 5 heteroatoms. The van der Waals surface area contributed by atoms with Crippen LogP contribution in [0.15, 0.2) is 28.7 Å². The molecule has 1 saturated heterocycles. The van der Waals surface area contributed by atoms with Crippen molar-refractivity contribution in [2.24, 2.45) is 5.41 Å². The van der Waals surface area contributed by atoms with Gasteiger partial charge in [0, 0.05) is 34.2 Å². The minimum Gasteiger partial charge on any atom is -0.480 e. The monoisotopic (exact) mass is 364 g/mol. The van der Waals surface area contributed by atoms with E-state index < -0.39 is 12.0 Å². The first-order chi connectivity index (χ1) is 10.4. The lowest BCUT2D eigenvalue weighted by molar-refractivity contribution is -0.146. The number of hydrogen-bond acceptors (Lipinski definition) is 2. The van der Waals surface area contributed by atoms with Crippen molar-refractivity contribution in [1.82, 2.24) is 9.88 Å². The van der Waals surface area contributed by atoms with Crippen LogP contribution in [0.4, 0.5) is 0 Å². The van der Waals surface area contributed by atoms with Crippen LogP contribution in [0.25, 0.3) is 10.9 Å². The van der Waals surface area contributed by atoms with Gasteiger partial charge in [-0.1, -0.05) is 32.0 Å². The zero-order valence-electron chi connectivity index (χ0n) is 12.9. The normalized spacial score (nSPS) is 22.0. The average Bonchev–Trinajstić information content (AvgIpc) is 2.75. The van der Waals surface area contributed by atoms with Crippen LogP contribution in [0, 0.1) is 5.41 Å². The molecule has 118 valence electrons. The predicted molar refractivity (Wildman–Crippen MR) is 90.8 cm³/mol. The molecule has 2 heterocycles. The Bertz CT molecular complexity index is 708. The van der Waals surface area contributed by atoms with Crippen LogP contribution >= 0.6 is 15.9 Å². The van der Waals surface area contributed by atoms with Crippen LogP contribution in [0.1, 0.15) is 32.4 Å². The van der Waals surface area contributed by atoms with Gasteiger partial charge >= 0.3 is 5.97 Å². The van der Waals surface area contributed by atoms with Crippen LogP contribution < -0.4 is 0 Å². The van der Waals surface area contributed by atoms with Crippen molar-refractivity contribution in [3.8, 4) is 0 Å². The highest BCUT2D eigenvalue weighted by Gasteiger charge is 2.37. The number of likely N-dealkylation sites (tertiary alicyclic amines) is 1. The minimum absolute atomic E-state index is 0.157. The van der Waals surface area contributed by atoms with E-state index in [1.165, 1.54) is 0 Å². The second-order valence-corrected chi connectivity index (χ2v) is 7.72. The van der Waals surface area contributed by atoms with E-state index in [9.17, 15) is 9.90 Å². The number of rotatable bonds is 3. The molecule has 22 heavy (non-hydrogen) atoms. The Hall–Kier alpha value is -1.33. The van der Waals surface area contributed by atoms with Crippen molar-refractivity contribution in [3.05, 3.63) is 34.4 Å². The SMILES string of the molecule is CC1(C)CCC(C(=O)O)N(Cc2[nH]c3ccccc3c2Br)C1. The summed E-state index contributed by atoms with van der Waals surface area (Å²) in [6.45, 7) is 5.83. The fourth-order valence-electron chi connectivity index (χ4n) is 3.37. The summed E-state index contributed by atoms with van der Waals surface area (Å²) in [5.41, 5.74) is 2.28. The molecule has 1 atom stereocenters. The molecular formula is C17H21BrN2O2. The van der Waals surface area contributed by atoms with Crippen molar-refractivity contribution < 1.29 is 9.90 Å². The molecule has 0 radical (unpaired) electrons. The van der Waals surface area contributed by atoms with Crippen molar-refractivity contribution in [1.29, 1.82) is 0 Å². The summed E-state index contributed by atoms with van der Waals surface area (Å²) in [5, 5.41) is 10.6. The summed E-state index contributed by atoms with van der Waals surface area (Å²) < 4.78 is 1.04. The zero-order valence-corrected chi connectivity index (χ0v) is 14.5. The van der Waals surface area contributed by atoms with Gasteiger partial charge in [0.2, 0.25) is 0 Å². The van der Waals surface area contributed by atoms with Crippen molar-refractivity contribution in [3.63, 3.8) is 0 Å². The second kappa shape index (κ2) is 5.70. The third-order valence-corrected chi connectivity index (χ3v) is 5.43. The fraction of sp³-hybridized carbons (Fsp3) is 0.471. The maximum Gasteiger partial charge on any atom is 0.320 e. The number of nitrogens with one attached hydrogen (secondary N) is 1. The molecule has 0 bridgehead atoms. The number of nitrogens with zero attached hydrogens (tertiary/aromatic N) is 1. The lowest BCUT2D eigenvalue weighted by Crippen LogP contribution is -2.49. The summed E-state index contributed by atoms with van der Waals surface area (Å²) in [6.07, 6.45) is 1.66. The smallest absolute Gasteiger partial charge is 0.320 e. The predicted octanol–water partition coefficient (Wildman–Crippen LogP) is 4.01. The standard InChI is InChI=1S/C17H21BrN2O2/c1-17(2)8-7-14(16(21)22)20(10-17)9-13-15(18)11-5-3-4-6-12(11)19-13/h3-6,14,19H,7-10H2,1-2H3,(H,21,22). The first-order valence-corrected chi connectivity index (χ1v) is 8.39. The summed E-state index contributed by atoms with van der Waals surface area (Å²) in [7, 11) is 0. The Balaban J connectivity index is 1.90. The Morgan fingerprint density at radius 2 is 2.18 bits per heavy atom. The van der Waals surface area contributed by atoms with Gasteiger partial charge < -0.3 is 10.1 Å². The minimum atomic E-state index is -0.720. The van der Waals surface area contributed by atoms with E-state index in [-0.39, 0.29) is 5.41 Å². The van der Waals surface area contributed by atoms with Gasteiger partial charge in [0.15, 0.2) is 0 Å². The molecule has 0 spiro atoms. The number of aliphatic carboxylic acids is 1. The number of benzene rings is 1. The molecule has 1 aliphatic rings. The number of piperidine rings is 1. The number of hydrogen-bond donors (Lipinski definition) is 2. The number of fused-ring (bicyclic) bond motifs is 1. The van der Waals surface area contributed by atoms with Crippen LogP contribution in [-0.4, -0.2) is 33.5 Å². The topological polar surface area (TPSA) is 56.3 Å². The largest absolute Gasteiger partial charge is 0.480 e. The third-order valence-electron chi connectivity index (χ3n) is 4.53. The molecule has 1 aliphatic heterocycles. The molecule has 1 fully saturated rings. The first-order valence-electron chi connectivity index (χ1n) is 7.59. The Morgan fingerprint density at radius 3 is 2.86 bits per heavy atom. The molecule has 0 aliphatic carbocycles. The number of carboxylic acids is 1. The molecule has 2 aromatic rings. The molecule has 1 unspecified atom stereocenters. The molecule has 1 aromatic carbocycles. The van der Waals surface area contributed by atoms with E-state index in [0.29, 0.717) is 13.0 Å². The van der Waals surface area contributed by atoms with E-state index in [0.717, 1.165) is 34.0 Å². The molecule has 3 rings (SSSR count). The van der Waals surface area contributed by atoms with Gasteiger partial charge in [-0.15, -0.1) is 0 Å². The highest BCUT2D eigenvalue weighted by molar-refractivity contribution is 9.10. The number of H-pyrrole nitrogens is 1. The van der Waals surface area contributed by atoms with Crippen molar-refractivity contribution in [2.75, 3.05) is 6.54 Å². The molecule has 0 saturated carbocycles. The highest BCUT2D eigenvalue weighted by atomic mass is 79.9. The Kier molecular flexibility index (Phi) is 4.03. The Labute approximate surface area is 138 Å². The van der Waals surface area contributed by atoms with E-state index in [1.807, 2.05) is 18.2 Å². The van der Waals surface area contributed by atoms with Crippen LogP contribution in [-0.2, 0) is 11.3 Å². The number of aromatic nitrogens is 1. The number of halogens is 1. The van der Waals surface area contributed by atoms with Gasteiger partial charge in [0.05, 0.1) is 0 Å². The van der Waals surface area contributed by atoms with Crippen LogP contribution in [0.2, 0.25) is 0 Å². The van der Waals surface area contributed by atoms with Gasteiger partial charge in [0.25, 0.3) is 0 Å². The van der Waals surface area contributed by atoms with Crippen molar-refractivity contribution >= 4 is 32.8 Å². The van der Waals surface area contributed by atoms with Crippen molar-refractivity contribution in [2.45, 2.75) is 39.3 Å². The summed E-state index contributed by atoms with van der Waals surface area (Å²) in [4.78, 5) is 17.1. The summed E-state index contributed by atoms with van der Waals surface area (Å²) >= 11 is 3.66. The van der Waals surface area contributed by atoms with E-state index in [4.69, 9.17) is 0 Å². The third kappa shape index (κ3) is 2.92. The maximum absolute atomic E-state index is 11.6. The van der Waals surface area contributed by atoms with Gasteiger partial charge in [-0.25, -0.2) is 0 Å². The zero-order chi connectivity index (χ0) is 15.9. The van der Waals surface area contributed by atoms with Gasteiger partial charge in [-0.2, -0.15) is 0 Å². The lowest BCUT2D eigenvalue weighted by Gasteiger charge is -2.41. The van der Waals surface area contributed by atoms with E-state index in [2.05, 4.69) is 45.7 Å². The number of carboxylic acid groups (broad SMARTS) is 1. The van der Waals surface area contributed by atoms with Crippen LogP contribution in [0.3, 0.4) is 0 Å². The van der Waals surface area contributed by atoms with E-state index >= 15 is 0 Å². The van der Waals surface area contributed by atoms with Gasteiger partial charge in [-0.05, 0) is 40.3 Å². The quantitative estimate of drug-likeness (QED) is 0.864. The van der Waals surface area contributed by atoms with Gasteiger partial charge in [0.1, 0.15) is 6.04 Å². The van der Waals surface area contributed by atoms with E-state index in [1.54, 1.807) is 0 Å². The highest BCUT2D eigenvalue weighted by Crippen LogP contribution is 2.35. The Morgan fingerprint density at radius 1 is 1.45 bits per heavy atom. The average molecular weight is 365 g/mol. The molecule has 1 aromatic heterocycles. The van der Waals surface area contributed by atoms with Crippen LogP contribution in [0.5, 0.6) is 0 Å². The molecule has 0 amide bonds. The first kappa shape index (κ1) is 15.6. The number of para-hydroxylation sites is 1. The molecular weight excluding hydrogens is 344 g/mol.